The molecule has 1 aliphatic carbocycles. The van der Waals surface area contributed by atoms with Gasteiger partial charge in [-0.05, 0) is 19.4 Å². The van der Waals surface area contributed by atoms with E-state index in [1.54, 1.807) is 7.11 Å². The SMILES string of the molecule is CCOC1CC(NCc2ccn(C)n2)C1OC. The summed E-state index contributed by atoms with van der Waals surface area (Å²) in [6, 6.07) is 2.39. The maximum atomic E-state index is 5.58. The minimum atomic E-state index is 0.165. The lowest BCUT2D eigenvalue weighted by Crippen LogP contribution is -2.59. The molecule has 0 spiro atoms. The Balaban J connectivity index is 1.77. The predicted molar refractivity (Wildman–Crippen MR) is 64.7 cm³/mol. The van der Waals surface area contributed by atoms with E-state index in [0.717, 1.165) is 25.3 Å². The first-order valence-corrected chi connectivity index (χ1v) is 6.11. The van der Waals surface area contributed by atoms with Crippen molar-refractivity contribution in [2.45, 2.75) is 38.1 Å². The highest BCUT2D eigenvalue weighted by Crippen LogP contribution is 2.27. The zero-order chi connectivity index (χ0) is 12.3. The van der Waals surface area contributed by atoms with Crippen LogP contribution in [0.2, 0.25) is 0 Å². The van der Waals surface area contributed by atoms with Crippen molar-refractivity contribution < 1.29 is 9.47 Å². The van der Waals surface area contributed by atoms with Gasteiger partial charge in [0.15, 0.2) is 0 Å². The second kappa shape index (κ2) is 5.62. The standard InChI is InChI=1S/C12H21N3O2/c1-4-17-11-7-10(12(11)16-3)13-8-9-5-6-15(2)14-9/h5-6,10-13H,4,7-8H2,1-3H3. The number of methoxy groups -OCH3 is 1. The van der Waals surface area contributed by atoms with E-state index in [4.69, 9.17) is 9.47 Å². The van der Waals surface area contributed by atoms with Crippen LogP contribution >= 0.6 is 0 Å². The molecular formula is C12H21N3O2. The van der Waals surface area contributed by atoms with Crippen LogP contribution in [0.3, 0.4) is 0 Å². The van der Waals surface area contributed by atoms with Crippen LogP contribution in [0, 0.1) is 0 Å². The zero-order valence-electron chi connectivity index (χ0n) is 10.7. The van der Waals surface area contributed by atoms with Crippen molar-refractivity contribution >= 4 is 0 Å². The molecule has 0 saturated heterocycles. The van der Waals surface area contributed by atoms with Crippen molar-refractivity contribution in [1.82, 2.24) is 15.1 Å². The second-order valence-corrected chi connectivity index (χ2v) is 4.40. The Labute approximate surface area is 102 Å². The third-order valence-electron chi connectivity index (χ3n) is 3.22. The first-order chi connectivity index (χ1) is 8.24. The summed E-state index contributed by atoms with van der Waals surface area (Å²) in [5.41, 5.74) is 1.06. The molecule has 0 radical (unpaired) electrons. The maximum Gasteiger partial charge on any atom is 0.0986 e. The van der Waals surface area contributed by atoms with Crippen LogP contribution in [0.1, 0.15) is 19.0 Å². The Kier molecular flexibility index (Phi) is 4.15. The van der Waals surface area contributed by atoms with Crippen LogP contribution < -0.4 is 5.32 Å². The molecule has 5 heteroatoms. The molecule has 17 heavy (non-hydrogen) atoms. The smallest absolute Gasteiger partial charge is 0.0986 e. The molecule has 1 heterocycles. The fourth-order valence-electron chi connectivity index (χ4n) is 2.27. The Bertz CT molecular complexity index is 353. The predicted octanol–water partition coefficient (Wildman–Crippen LogP) is 0.702. The molecule has 0 amide bonds. The van der Waals surface area contributed by atoms with Gasteiger partial charge in [0.25, 0.3) is 0 Å². The van der Waals surface area contributed by atoms with Crippen LogP contribution in [0.5, 0.6) is 0 Å². The van der Waals surface area contributed by atoms with Crippen LogP contribution in [-0.2, 0) is 23.1 Å². The summed E-state index contributed by atoms with van der Waals surface area (Å²) in [6.07, 6.45) is 3.37. The fraction of sp³-hybridized carbons (Fsp3) is 0.750. The molecule has 1 N–H and O–H groups in total. The molecule has 3 atom stereocenters. The van der Waals surface area contributed by atoms with Crippen molar-refractivity contribution in [2.75, 3.05) is 13.7 Å². The van der Waals surface area contributed by atoms with E-state index in [0.29, 0.717) is 6.04 Å². The molecule has 5 nitrogen and oxygen atoms in total. The number of nitrogens with zero attached hydrogens (tertiary/aromatic N) is 2. The third-order valence-corrected chi connectivity index (χ3v) is 3.22. The van der Waals surface area contributed by atoms with E-state index in [1.807, 2.05) is 30.9 Å². The Hall–Kier alpha value is -0.910. The number of hydrogen-bond acceptors (Lipinski definition) is 4. The van der Waals surface area contributed by atoms with Crippen molar-refractivity contribution in [3.05, 3.63) is 18.0 Å². The summed E-state index contributed by atoms with van der Waals surface area (Å²) >= 11 is 0. The molecule has 1 saturated carbocycles. The minimum Gasteiger partial charge on any atom is -0.377 e. The number of nitrogens with one attached hydrogen (secondary N) is 1. The first kappa shape index (κ1) is 12.5. The van der Waals surface area contributed by atoms with Gasteiger partial charge in [-0.3, -0.25) is 4.68 Å². The van der Waals surface area contributed by atoms with Crippen molar-refractivity contribution in [3.8, 4) is 0 Å². The Morgan fingerprint density at radius 3 is 3.00 bits per heavy atom. The summed E-state index contributed by atoms with van der Waals surface area (Å²) in [7, 11) is 3.67. The normalized spacial score (nSPS) is 28.1. The molecule has 0 aromatic carbocycles. The largest absolute Gasteiger partial charge is 0.377 e. The van der Waals surface area contributed by atoms with Gasteiger partial charge >= 0.3 is 0 Å². The first-order valence-electron chi connectivity index (χ1n) is 6.11. The summed E-state index contributed by atoms with van der Waals surface area (Å²) in [6.45, 7) is 3.54. The number of hydrogen-bond donors (Lipinski definition) is 1. The van der Waals surface area contributed by atoms with E-state index in [2.05, 4.69) is 10.4 Å². The van der Waals surface area contributed by atoms with Crippen LogP contribution in [0.15, 0.2) is 12.3 Å². The molecule has 1 aliphatic rings. The van der Waals surface area contributed by atoms with E-state index in [9.17, 15) is 0 Å². The third kappa shape index (κ3) is 2.86. The van der Waals surface area contributed by atoms with Gasteiger partial charge in [-0.15, -0.1) is 0 Å². The molecule has 96 valence electrons. The second-order valence-electron chi connectivity index (χ2n) is 4.40. The highest BCUT2D eigenvalue weighted by atomic mass is 16.5. The molecule has 0 aliphatic heterocycles. The van der Waals surface area contributed by atoms with E-state index in [-0.39, 0.29) is 12.2 Å². The topological polar surface area (TPSA) is 48.3 Å². The molecule has 3 unspecified atom stereocenters. The fourth-order valence-corrected chi connectivity index (χ4v) is 2.27. The summed E-state index contributed by atoms with van der Waals surface area (Å²) < 4.78 is 12.8. The van der Waals surface area contributed by atoms with Gasteiger partial charge in [0.05, 0.1) is 17.9 Å². The van der Waals surface area contributed by atoms with Gasteiger partial charge in [0.2, 0.25) is 0 Å². The van der Waals surface area contributed by atoms with Gasteiger partial charge in [-0.25, -0.2) is 0 Å². The molecular weight excluding hydrogens is 218 g/mol. The highest BCUT2D eigenvalue weighted by molar-refractivity contribution is 5.02. The lowest BCUT2D eigenvalue weighted by atomic mass is 9.85. The molecule has 0 bridgehead atoms. The van der Waals surface area contributed by atoms with Gasteiger partial charge in [0.1, 0.15) is 0 Å². The summed E-state index contributed by atoms with van der Waals surface area (Å²) in [5.74, 6) is 0. The number of aromatic nitrogens is 2. The van der Waals surface area contributed by atoms with Crippen LogP contribution in [-0.4, -0.2) is 41.7 Å². The average molecular weight is 239 g/mol. The lowest BCUT2D eigenvalue weighted by molar-refractivity contribution is -0.131. The monoisotopic (exact) mass is 239 g/mol. The Morgan fingerprint density at radius 1 is 1.59 bits per heavy atom. The van der Waals surface area contributed by atoms with Crippen LogP contribution in [0.25, 0.3) is 0 Å². The molecule has 1 aromatic heterocycles. The van der Waals surface area contributed by atoms with Gasteiger partial charge in [0, 0.05) is 39.5 Å². The Morgan fingerprint density at radius 2 is 2.41 bits per heavy atom. The van der Waals surface area contributed by atoms with Crippen molar-refractivity contribution in [2.24, 2.45) is 7.05 Å². The van der Waals surface area contributed by atoms with Gasteiger partial charge in [-0.2, -0.15) is 5.10 Å². The molecule has 1 aromatic rings. The summed E-state index contributed by atoms with van der Waals surface area (Å²) in [5, 5.41) is 7.79. The number of aryl methyl sites for hydroxylation is 1. The van der Waals surface area contributed by atoms with E-state index in [1.165, 1.54) is 0 Å². The minimum absolute atomic E-state index is 0.165. The summed E-state index contributed by atoms with van der Waals surface area (Å²) in [4.78, 5) is 0. The lowest BCUT2D eigenvalue weighted by Gasteiger charge is -2.43. The van der Waals surface area contributed by atoms with Gasteiger partial charge < -0.3 is 14.8 Å². The molecule has 1 fully saturated rings. The quantitative estimate of drug-likeness (QED) is 0.794. The van der Waals surface area contributed by atoms with Crippen molar-refractivity contribution in [1.29, 1.82) is 0 Å². The average Bonchev–Trinajstić information content (AvgIpc) is 2.69. The molecule has 2 rings (SSSR count). The number of rotatable bonds is 6. The van der Waals surface area contributed by atoms with Crippen LogP contribution in [0.4, 0.5) is 0 Å². The van der Waals surface area contributed by atoms with E-state index < -0.39 is 0 Å². The highest BCUT2D eigenvalue weighted by Gasteiger charge is 2.41. The zero-order valence-corrected chi connectivity index (χ0v) is 10.7. The van der Waals surface area contributed by atoms with E-state index >= 15 is 0 Å². The van der Waals surface area contributed by atoms with Gasteiger partial charge in [-0.1, -0.05) is 0 Å². The van der Waals surface area contributed by atoms with Crippen molar-refractivity contribution in [3.63, 3.8) is 0 Å². The maximum absolute atomic E-state index is 5.58. The number of ether oxygens (including phenoxy) is 2.